The number of hydrogen-bond acceptors (Lipinski definition) is 3. The van der Waals surface area contributed by atoms with Gasteiger partial charge in [0.05, 0.1) is 11.6 Å². The fraction of sp³-hybridized carbons (Fsp3) is 0.481. The van der Waals surface area contributed by atoms with Crippen molar-refractivity contribution in [3.05, 3.63) is 59.7 Å². The van der Waals surface area contributed by atoms with E-state index in [-0.39, 0.29) is 23.8 Å². The largest absolute Gasteiger partial charge is 0.371 e. The van der Waals surface area contributed by atoms with Crippen LogP contribution in [0.2, 0.25) is 0 Å². The lowest BCUT2D eigenvalue weighted by molar-refractivity contribution is -0.120. The molecule has 1 atom stereocenters. The smallest absolute Gasteiger partial charge is 0.253 e. The summed E-state index contributed by atoms with van der Waals surface area (Å²) in [6.45, 7) is 3.92. The zero-order chi connectivity index (χ0) is 22.3. The van der Waals surface area contributed by atoms with Crippen molar-refractivity contribution in [1.82, 2.24) is 5.32 Å². The Labute approximate surface area is 191 Å². The fourth-order valence-electron chi connectivity index (χ4n) is 4.91. The van der Waals surface area contributed by atoms with E-state index in [1.807, 2.05) is 55.5 Å². The minimum absolute atomic E-state index is 0.0828. The van der Waals surface area contributed by atoms with Gasteiger partial charge in [0.1, 0.15) is 0 Å². The Hall–Kier alpha value is -2.82. The second-order valence-electron chi connectivity index (χ2n) is 9.21. The van der Waals surface area contributed by atoms with Crippen LogP contribution in [0.4, 0.5) is 11.4 Å². The molecule has 5 nitrogen and oxygen atoms in total. The molecule has 2 aromatic carbocycles. The Bertz CT molecular complexity index is 916. The van der Waals surface area contributed by atoms with Crippen molar-refractivity contribution in [3.63, 3.8) is 0 Å². The van der Waals surface area contributed by atoms with Gasteiger partial charge in [-0.25, -0.2) is 0 Å². The molecule has 32 heavy (non-hydrogen) atoms. The SMILES string of the molecule is CC(NC(=O)c1cc(NC(=O)C2CCCCC2)ccc1N1CCCCC1)c1ccccc1. The Kier molecular flexibility index (Phi) is 7.46. The van der Waals surface area contributed by atoms with Crippen molar-refractivity contribution in [3.8, 4) is 0 Å². The van der Waals surface area contributed by atoms with E-state index in [1.165, 1.54) is 12.8 Å². The van der Waals surface area contributed by atoms with Gasteiger partial charge in [-0.15, -0.1) is 0 Å². The van der Waals surface area contributed by atoms with Gasteiger partial charge in [-0.3, -0.25) is 9.59 Å². The molecule has 2 aromatic rings. The first-order valence-electron chi connectivity index (χ1n) is 12.2. The van der Waals surface area contributed by atoms with Crippen molar-refractivity contribution in [2.75, 3.05) is 23.3 Å². The molecule has 1 heterocycles. The molecular weight excluding hydrogens is 398 g/mol. The van der Waals surface area contributed by atoms with E-state index in [0.717, 1.165) is 62.9 Å². The van der Waals surface area contributed by atoms with Gasteiger partial charge in [-0.05, 0) is 62.8 Å². The number of hydrogen-bond donors (Lipinski definition) is 2. The maximum Gasteiger partial charge on any atom is 0.253 e. The molecule has 0 radical (unpaired) electrons. The van der Waals surface area contributed by atoms with Gasteiger partial charge in [0, 0.05) is 30.4 Å². The number of nitrogens with zero attached hydrogens (tertiary/aromatic N) is 1. The summed E-state index contributed by atoms with van der Waals surface area (Å²) in [6, 6.07) is 15.7. The van der Waals surface area contributed by atoms with Gasteiger partial charge < -0.3 is 15.5 Å². The first-order valence-corrected chi connectivity index (χ1v) is 12.2. The number of piperidine rings is 1. The van der Waals surface area contributed by atoms with Crippen LogP contribution in [0.5, 0.6) is 0 Å². The molecule has 2 fully saturated rings. The second-order valence-corrected chi connectivity index (χ2v) is 9.21. The van der Waals surface area contributed by atoms with Crippen LogP contribution in [0.3, 0.4) is 0 Å². The lowest BCUT2D eigenvalue weighted by atomic mass is 9.88. The molecule has 1 aliphatic heterocycles. The predicted molar refractivity (Wildman–Crippen MR) is 130 cm³/mol. The number of anilines is 2. The summed E-state index contributed by atoms with van der Waals surface area (Å²) in [4.78, 5) is 28.5. The molecule has 1 saturated carbocycles. The number of benzene rings is 2. The van der Waals surface area contributed by atoms with E-state index in [0.29, 0.717) is 11.3 Å². The highest BCUT2D eigenvalue weighted by molar-refractivity contribution is 6.02. The van der Waals surface area contributed by atoms with Crippen LogP contribution in [-0.2, 0) is 4.79 Å². The van der Waals surface area contributed by atoms with Crippen LogP contribution in [0.1, 0.15) is 80.3 Å². The van der Waals surface area contributed by atoms with Crippen molar-refractivity contribution in [2.45, 2.75) is 64.3 Å². The predicted octanol–water partition coefficient (Wildman–Crippen LogP) is 5.69. The van der Waals surface area contributed by atoms with E-state index >= 15 is 0 Å². The third kappa shape index (κ3) is 5.50. The molecule has 2 N–H and O–H groups in total. The van der Waals surface area contributed by atoms with E-state index in [1.54, 1.807) is 0 Å². The molecule has 4 rings (SSSR count). The van der Waals surface area contributed by atoms with Crippen molar-refractivity contribution >= 4 is 23.2 Å². The van der Waals surface area contributed by atoms with E-state index in [9.17, 15) is 9.59 Å². The van der Waals surface area contributed by atoms with Crippen molar-refractivity contribution in [1.29, 1.82) is 0 Å². The monoisotopic (exact) mass is 433 g/mol. The topological polar surface area (TPSA) is 61.4 Å². The number of rotatable bonds is 6. The molecule has 170 valence electrons. The molecule has 2 amide bonds. The van der Waals surface area contributed by atoms with E-state index in [4.69, 9.17) is 0 Å². The zero-order valence-corrected chi connectivity index (χ0v) is 19.1. The Balaban J connectivity index is 1.55. The molecule has 0 spiro atoms. The van der Waals surface area contributed by atoms with Gasteiger partial charge in [-0.2, -0.15) is 0 Å². The molecule has 0 bridgehead atoms. The minimum atomic E-state index is -0.101. The van der Waals surface area contributed by atoms with Crippen LogP contribution in [-0.4, -0.2) is 24.9 Å². The molecule has 0 aromatic heterocycles. The van der Waals surface area contributed by atoms with Crippen molar-refractivity contribution < 1.29 is 9.59 Å². The highest BCUT2D eigenvalue weighted by Gasteiger charge is 2.24. The Morgan fingerprint density at radius 3 is 2.31 bits per heavy atom. The third-order valence-electron chi connectivity index (χ3n) is 6.83. The summed E-state index contributed by atoms with van der Waals surface area (Å²) >= 11 is 0. The van der Waals surface area contributed by atoms with Gasteiger partial charge in [-0.1, -0.05) is 49.6 Å². The second kappa shape index (κ2) is 10.7. The molecule has 5 heteroatoms. The van der Waals surface area contributed by atoms with Gasteiger partial charge in [0.15, 0.2) is 0 Å². The van der Waals surface area contributed by atoms with Crippen LogP contribution in [0, 0.1) is 5.92 Å². The lowest BCUT2D eigenvalue weighted by Crippen LogP contribution is -2.33. The third-order valence-corrected chi connectivity index (χ3v) is 6.83. The summed E-state index contributed by atoms with van der Waals surface area (Å²) in [5.41, 5.74) is 3.37. The summed E-state index contributed by atoms with van der Waals surface area (Å²) in [6.07, 6.45) is 8.90. The zero-order valence-electron chi connectivity index (χ0n) is 19.1. The quantitative estimate of drug-likeness (QED) is 0.615. The lowest BCUT2D eigenvalue weighted by Gasteiger charge is -2.31. The normalized spacial score (nSPS) is 18.1. The summed E-state index contributed by atoms with van der Waals surface area (Å²) in [5.74, 6) is 0.0658. The summed E-state index contributed by atoms with van der Waals surface area (Å²) < 4.78 is 0. The highest BCUT2D eigenvalue weighted by atomic mass is 16.2. The van der Waals surface area contributed by atoms with E-state index in [2.05, 4.69) is 15.5 Å². The number of carbonyl (C=O) groups excluding carboxylic acids is 2. The Morgan fingerprint density at radius 1 is 0.906 bits per heavy atom. The molecule has 2 aliphatic rings. The highest BCUT2D eigenvalue weighted by Crippen LogP contribution is 2.29. The molecular formula is C27H35N3O2. The first kappa shape index (κ1) is 22.4. The van der Waals surface area contributed by atoms with Crippen LogP contribution in [0.25, 0.3) is 0 Å². The van der Waals surface area contributed by atoms with Gasteiger partial charge >= 0.3 is 0 Å². The average molecular weight is 434 g/mol. The van der Waals surface area contributed by atoms with Crippen molar-refractivity contribution in [2.24, 2.45) is 5.92 Å². The Morgan fingerprint density at radius 2 is 1.59 bits per heavy atom. The average Bonchev–Trinajstić information content (AvgIpc) is 2.85. The minimum Gasteiger partial charge on any atom is -0.371 e. The van der Waals surface area contributed by atoms with Gasteiger partial charge in [0.2, 0.25) is 5.91 Å². The number of amides is 2. The van der Waals surface area contributed by atoms with Crippen LogP contribution < -0.4 is 15.5 Å². The van der Waals surface area contributed by atoms with Crippen LogP contribution in [0.15, 0.2) is 48.5 Å². The number of carbonyl (C=O) groups is 2. The molecule has 1 unspecified atom stereocenters. The summed E-state index contributed by atoms with van der Waals surface area (Å²) in [7, 11) is 0. The maximum absolute atomic E-state index is 13.4. The van der Waals surface area contributed by atoms with Gasteiger partial charge in [0.25, 0.3) is 5.91 Å². The molecule has 1 saturated heterocycles. The van der Waals surface area contributed by atoms with E-state index < -0.39 is 0 Å². The fourth-order valence-corrected chi connectivity index (χ4v) is 4.91. The standard InChI is InChI=1S/C27H35N3O2/c1-20(21-11-5-2-6-12-21)28-27(32)24-19-23(29-26(31)22-13-7-3-8-14-22)15-16-25(24)30-17-9-4-10-18-30/h2,5-6,11-12,15-16,19-20,22H,3-4,7-10,13-14,17-18H2,1H3,(H,28,32)(H,29,31). The summed E-state index contributed by atoms with van der Waals surface area (Å²) in [5, 5.41) is 6.24. The van der Waals surface area contributed by atoms with Crippen LogP contribution >= 0.6 is 0 Å². The first-order chi connectivity index (χ1) is 15.6. The number of nitrogens with one attached hydrogen (secondary N) is 2. The molecule has 1 aliphatic carbocycles. The maximum atomic E-state index is 13.4.